The van der Waals surface area contributed by atoms with Crippen LogP contribution in [0.5, 0.6) is 23.0 Å². The molecule has 1 N–H and O–H groups in total. The van der Waals surface area contributed by atoms with Gasteiger partial charge in [0.2, 0.25) is 0 Å². The normalized spacial score (nSPS) is 11.8. The van der Waals surface area contributed by atoms with Crippen molar-refractivity contribution in [1.82, 2.24) is 0 Å². The molecule has 7 nitrogen and oxygen atoms in total. The van der Waals surface area contributed by atoms with E-state index in [-0.39, 0.29) is 17.7 Å². The van der Waals surface area contributed by atoms with E-state index in [1.165, 1.54) is 77.0 Å². The summed E-state index contributed by atoms with van der Waals surface area (Å²) in [5.74, 6) is 1.13. The number of esters is 2. The molecule has 0 aliphatic heterocycles. The molecule has 0 saturated heterocycles. The highest BCUT2D eigenvalue weighted by molar-refractivity contribution is 5.76. The smallest absolute Gasteiger partial charge is 0.311 e. The molecule has 0 heterocycles. The van der Waals surface area contributed by atoms with E-state index in [9.17, 15) is 14.7 Å². The molecule has 302 valence electrons. The number of unbranched alkanes of at least 4 members (excludes halogenated alkanes) is 16. The molecule has 1 unspecified atom stereocenters. The number of carbonyl (C=O) groups excluding carboxylic acids is 2. The third kappa shape index (κ3) is 19.4. The van der Waals surface area contributed by atoms with E-state index in [1.54, 1.807) is 42.5 Å². The van der Waals surface area contributed by atoms with Gasteiger partial charge in [-0.15, -0.1) is 0 Å². The molecule has 3 aromatic carbocycles. The molecule has 0 aliphatic carbocycles. The topological polar surface area (TPSA) is 91.3 Å². The quantitative estimate of drug-likeness (QED) is 0.0411. The van der Waals surface area contributed by atoms with Crippen LogP contribution in [0.1, 0.15) is 172 Å². The summed E-state index contributed by atoms with van der Waals surface area (Å²) in [5, 5.41) is 11.4. The molecule has 0 aromatic heterocycles. The number of aliphatic hydroxyl groups excluding tert-OH is 1. The molecule has 3 aromatic rings. The van der Waals surface area contributed by atoms with Crippen LogP contribution in [0.4, 0.5) is 0 Å². The maximum Gasteiger partial charge on any atom is 0.311 e. The van der Waals surface area contributed by atoms with Gasteiger partial charge in [0.25, 0.3) is 0 Å². The van der Waals surface area contributed by atoms with Crippen molar-refractivity contribution in [2.75, 3.05) is 6.61 Å². The van der Waals surface area contributed by atoms with Crippen molar-refractivity contribution in [3.8, 4) is 23.0 Å². The molecule has 0 amide bonds. The third-order valence-corrected chi connectivity index (χ3v) is 9.72. The van der Waals surface area contributed by atoms with Crippen LogP contribution in [0.15, 0.2) is 72.8 Å². The predicted octanol–water partition coefficient (Wildman–Crippen LogP) is 13.1. The molecular weight excluding hydrogens is 689 g/mol. The lowest BCUT2D eigenvalue weighted by atomic mass is 10.1. The van der Waals surface area contributed by atoms with Gasteiger partial charge in [0.15, 0.2) is 0 Å². The number of benzene rings is 3. The lowest BCUT2D eigenvalue weighted by Crippen LogP contribution is -2.10. The molecule has 0 fully saturated rings. The Labute approximate surface area is 331 Å². The van der Waals surface area contributed by atoms with Crippen LogP contribution in [0.3, 0.4) is 0 Å². The van der Waals surface area contributed by atoms with E-state index in [4.69, 9.17) is 18.9 Å². The van der Waals surface area contributed by atoms with Crippen molar-refractivity contribution in [1.29, 1.82) is 0 Å². The summed E-state index contributed by atoms with van der Waals surface area (Å²) in [4.78, 5) is 25.8. The van der Waals surface area contributed by atoms with Gasteiger partial charge in [-0.3, -0.25) is 9.59 Å². The Morgan fingerprint density at radius 2 is 1.11 bits per heavy atom. The van der Waals surface area contributed by atoms with Gasteiger partial charge in [-0.25, -0.2) is 0 Å². The first kappa shape index (κ1) is 45.3. The van der Waals surface area contributed by atoms with Crippen molar-refractivity contribution >= 4 is 18.0 Å². The van der Waals surface area contributed by atoms with Gasteiger partial charge < -0.3 is 24.1 Å². The highest BCUT2D eigenvalue weighted by Crippen LogP contribution is 2.33. The molecular formula is C48H68O7. The van der Waals surface area contributed by atoms with E-state index < -0.39 is 6.10 Å². The Bertz CT molecular complexity index is 1520. The minimum atomic E-state index is -1.03. The zero-order valence-electron chi connectivity index (χ0n) is 34.0. The van der Waals surface area contributed by atoms with Crippen LogP contribution in [0.2, 0.25) is 0 Å². The van der Waals surface area contributed by atoms with Gasteiger partial charge >= 0.3 is 11.9 Å². The van der Waals surface area contributed by atoms with Crippen LogP contribution in [0.25, 0.3) is 6.08 Å². The highest BCUT2D eigenvalue weighted by Gasteiger charge is 2.16. The molecule has 0 aliphatic rings. The zero-order chi connectivity index (χ0) is 39.4. The Balaban J connectivity index is 1.66. The van der Waals surface area contributed by atoms with Gasteiger partial charge in [-0.1, -0.05) is 159 Å². The van der Waals surface area contributed by atoms with Crippen molar-refractivity contribution < 1.29 is 33.6 Å². The van der Waals surface area contributed by atoms with Gasteiger partial charge in [-0.2, -0.15) is 0 Å². The maximum atomic E-state index is 13.1. The van der Waals surface area contributed by atoms with Crippen LogP contribution in [-0.2, 0) is 16.2 Å². The second-order valence-corrected chi connectivity index (χ2v) is 14.5. The fourth-order valence-corrected chi connectivity index (χ4v) is 6.49. The van der Waals surface area contributed by atoms with Gasteiger partial charge in [0, 0.05) is 36.1 Å². The molecule has 3 rings (SSSR count). The summed E-state index contributed by atoms with van der Waals surface area (Å²) < 4.78 is 23.5. The molecule has 0 bridgehead atoms. The van der Waals surface area contributed by atoms with Crippen molar-refractivity contribution in [2.24, 2.45) is 0 Å². The molecule has 0 radical (unpaired) electrons. The number of rotatable bonds is 30. The van der Waals surface area contributed by atoms with Gasteiger partial charge in [0.05, 0.1) is 6.61 Å². The summed E-state index contributed by atoms with van der Waals surface area (Å²) in [7, 11) is 0. The average molecular weight is 757 g/mol. The Kier molecular flexibility index (Phi) is 23.3. The third-order valence-electron chi connectivity index (χ3n) is 9.72. The monoisotopic (exact) mass is 756 g/mol. The standard InChI is InChI=1S/C48H68O7/c1-4-7-9-11-13-15-17-19-24-28-47(50)54-42-32-30-40(45(37-42)55-48(51)29-25-20-18-16-14-12-10-8-5-2)31-35-44(49)43-34-33-41(52-6-3)36-46(43)53-38-39-26-22-21-23-27-39/h21-23,26-27,30-37,44,49H,4-20,24-25,28-29,38H2,1-3H3. The Morgan fingerprint density at radius 3 is 1.69 bits per heavy atom. The van der Waals surface area contributed by atoms with Crippen molar-refractivity contribution in [3.63, 3.8) is 0 Å². The van der Waals surface area contributed by atoms with Crippen LogP contribution in [-0.4, -0.2) is 23.7 Å². The number of ether oxygens (including phenoxy) is 4. The minimum Gasteiger partial charge on any atom is -0.494 e. The molecule has 0 saturated carbocycles. The summed E-state index contributed by atoms with van der Waals surface area (Å²) in [5.41, 5.74) is 2.15. The van der Waals surface area contributed by atoms with Crippen LogP contribution < -0.4 is 18.9 Å². The average Bonchev–Trinajstić information content (AvgIpc) is 3.19. The number of hydrogen-bond donors (Lipinski definition) is 1. The first-order valence-electron chi connectivity index (χ1n) is 21.3. The van der Waals surface area contributed by atoms with E-state index in [0.29, 0.717) is 54.4 Å². The second kappa shape index (κ2) is 28.3. The molecule has 1 atom stereocenters. The zero-order valence-corrected chi connectivity index (χ0v) is 34.0. The lowest BCUT2D eigenvalue weighted by Gasteiger charge is -2.16. The fraction of sp³-hybridized carbons (Fsp3) is 0.542. The largest absolute Gasteiger partial charge is 0.494 e. The van der Waals surface area contributed by atoms with E-state index in [0.717, 1.165) is 44.1 Å². The second-order valence-electron chi connectivity index (χ2n) is 14.5. The van der Waals surface area contributed by atoms with Crippen molar-refractivity contribution in [3.05, 3.63) is 89.5 Å². The summed E-state index contributed by atoms with van der Waals surface area (Å²) in [6.45, 7) is 7.21. The number of aliphatic hydroxyl groups is 1. The van der Waals surface area contributed by atoms with Crippen LogP contribution in [0, 0.1) is 0 Å². The summed E-state index contributed by atoms with van der Waals surface area (Å²) >= 11 is 0. The first-order chi connectivity index (χ1) is 26.9. The van der Waals surface area contributed by atoms with E-state index in [2.05, 4.69) is 13.8 Å². The first-order valence-corrected chi connectivity index (χ1v) is 21.3. The Morgan fingerprint density at radius 1 is 0.582 bits per heavy atom. The SMILES string of the molecule is CCCCCCCCCCCC(=O)Oc1ccc(C=CC(O)c2ccc(OCC)cc2OCc2ccccc2)c(OC(=O)CCCCCCCCCCC)c1. The maximum absolute atomic E-state index is 13.1. The summed E-state index contributed by atoms with van der Waals surface area (Å²) in [6, 6.07) is 20.3. The van der Waals surface area contributed by atoms with Gasteiger partial charge in [0.1, 0.15) is 35.7 Å². The number of hydrogen-bond acceptors (Lipinski definition) is 7. The van der Waals surface area contributed by atoms with Gasteiger partial charge in [-0.05, 0) is 49.6 Å². The fourth-order valence-electron chi connectivity index (χ4n) is 6.49. The highest BCUT2D eigenvalue weighted by atomic mass is 16.5. The predicted molar refractivity (Wildman–Crippen MR) is 224 cm³/mol. The van der Waals surface area contributed by atoms with E-state index >= 15 is 0 Å². The van der Waals surface area contributed by atoms with Crippen molar-refractivity contribution in [2.45, 2.75) is 162 Å². The number of carbonyl (C=O) groups is 2. The lowest BCUT2D eigenvalue weighted by molar-refractivity contribution is -0.135. The van der Waals surface area contributed by atoms with Crippen LogP contribution >= 0.6 is 0 Å². The minimum absolute atomic E-state index is 0.282. The Hall–Kier alpha value is -4.10. The van der Waals surface area contributed by atoms with E-state index in [1.807, 2.05) is 43.3 Å². The molecule has 7 heteroatoms. The molecule has 0 spiro atoms. The molecule has 55 heavy (non-hydrogen) atoms. The summed E-state index contributed by atoms with van der Waals surface area (Å²) in [6.07, 6.45) is 23.9.